The number of aromatic nitrogens is 2. The summed E-state index contributed by atoms with van der Waals surface area (Å²) < 4.78 is 37.3. The minimum absolute atomic E-state index is 0.0475. The number of halogens is 1. The van der Waals surface area contributed by atoms with Gasteiger partial charge >= 0.3 is 5.97 Å². The molecule has 3 fully saturated rings. The predicted octanol–water partition coefficient (Wildman–Crippen LogP) is 5.06. The number of aryl methyl sites for hydroxylation is 1. The van der Waals surface area contributed by atoms with Crippen LogP contribution in [-0.4, -0.2) is 169 Å². The van der Waals surface area contributed by atoms with Crippen LogP contribution in [-0.2, 0) is 51.1 Å². The summed E-state index contributed by atoms with van der Waals surface area (Å²) in [6.45, 7) is 15.0. The molecule has 2 aromatic heterocycles. The number of hydrazine groups is 1. The molecular weight excluding hydrogens is 910 g/mol. The molecule has 1 unspecified atom stereocenters. The van der Waals surface area contributed by atoms with E-state index in [1.165, 1.54) is 23.0 Å². The third kappa shape index (κ3) is 11.9. The summed E-state index contributed by atoms with van der Waals surface area (Å²) in [7, 11) is 6.88. The number of morpholine rings is 1. The van der Waals surface area contributed by atoms with Gasteiger partial charge in [-0.2, -0.15) is 0 Å². The molecular formula is C53H76FN9O8. The number of nitrogens with zero attached hydrogens (tertiary/aromatic N) is 7. The van der Waals surface area contributed by atoms with Gasteiger partial charge in [0.1, 0.15) is 18.1 Å². The summed E-state index contributed by atoms with van der Waals surface area (Å²) in [6, 6.07) is 7.41. The summed E-state index contributed by atoms with van der Waals surface area (Å²) in [5.74, 6) is -3.14. The number of hydrogen-bond acceptors (Lipinski definition) is 12. The Labute approximate surface area is 418 Å². The number of pyridine rings is 1. The second-order valence-electron chi connectivity index (χ2n) is 21.1. The van der Waals surface area contributed by atoms with Gasteiger partial charge < -0.3 is 43.7 Å². The SMILES string of the molecule is CCn1c(-c2cccnc2[C@H](C)OC)c2c3cc(ccc31)N1CCO[C@@H](C[C@H](NC(=O)C(C(C)C)N(C)C(=O)C3(F)CCN(C(=O)/C=C/CN(C)C)CC3)C(=O)N3CCC[C@H](N3)C(=O)OCC(C)(C)C2)C1. The summed E-state index contributed by atoms with van der Waals surface area (Å²) in [5.41, 5.74) is 6.27. The number of carbonyl (C=O) groups excluding carboxylic acids is 5. The molecule has 2 N–H and O–H groups in total. The second kappa shape index (κ2) is 22.6. The molecule has 1 aromatic carbocycles. The van der Waals surface area contributed by atoms with Gasteiger partial charge in [0.05, 0.1) is 36.8 Å². The number of hydrogen-bond donors (Lipinski definition) is 2. The smallest absolute Gasteiger partial charge is 0.324 e. The Balaban J connectivity index is 1.19. The lowest BCUT2D eigenvalue weighted by Crippen LogP contribution is -2.63. The van der Waals surface area contributed by atoms with Crippen molar-refractivity contribution in [2.24, 2.45) is 11.3 Å². The fourth-order valence-corrected chi connectivity index (χ4v) is 10.6. The van der Waals surface area contributed by atoms with Gasteiger partial charge in [0, 0.05) is 119 Å². The number of likely N-dealkylation sites (N-methyl/N-ethyl adjacent to an activating group) is 2. The molecule has 0 aliphatic carbocycles. The number of fused-ring (bicyclic) bond motifs is 6. The molecule has 7 rings (SSSR count). The van der Waals surface area contributed by atoms with Crippen molar-refractivity contribution in [2.45, 2.75) is 123 Å². The van der Waals surface area contributed by atoms with Crippen LogP contribution in [0.5, 0.6) is 0 Å². The van der Waals surface area contributed by atoms with Crippen LogP contribution in [0.15, 0.2) is 48.7 Å². The van der Waals surface area contributed by atoms with Crippen molar-refractivity contribution in [3.63, 3.8) is 0 Å². The highest BCUT2D eigenvalue weighted by Crippen LogP contribution is 2.42. The standard InChI is InChI=1S/C53H76FN9O8/c1-11-62-43-19-18-36-29-39(43)40(47(62)38-15-12-22-55-45(38)35(4)69-10)31-52(5,6)33-71-50(67)41-16-13-24-63(57-41)49(66)42(30-37-32-61(36)27-28-70-37)56-48(65)46(34(2)3)59(9)51(68)53(54)20-25-60(26-21-53)44(64)17-14-23-58(7)8/h12,14-15,17-19,22,29,34-35,37,41-42,46,57H,11,13,16,20-21,23-28,30-33H2,1-10H3,(H,56,65)/b17-14+/t35-,37-,41-,42-,46?/m0/s1. The molecule has 3 saturated heterocycles. The van der Waals surface area contributed by atoms with Crippen LogP contribution >= 0.6 is 0 Å². The first-order valence-corrected chi connectivity index (χ1v) is 25.4. The molecule has 0 spiro atoms. The summed E-state index contributed by atoms with van der Waals surface area (Å²) in [4.78, 5) is 82.0. The Morgan fingerprint density at radius 1 is 1.07 bits per heavy atom. The van der Waals surface area contributed by atoms with E-state index < -0.39 is 64.9 Å². The molecule has 3 aromatic rings. The normalized spacial score (nSPS) is 22.9. The summed E-state index contributed by atoms with van der Waals surface area (Å²) in [6.07, 6.45) is 5.38. The van der Waals surface area contributed by atoms with Gasteiger partial charge in [0.15, 0.2) is 5.67 Å². The number of anilines is 1. The summed E-state index contributed by atoms with van der Waals surface area (Å²) >= 11 is 0. The largest absolute Gasteiger partial charge is 0.464 e. The lowest BCUT2D eigenvalue weighted by atomic mass is 9.84. The van der Waals surface area contributed by atoms with Crippen molar-refractivity contribution in [1.82, 2.24) is 40.0 Å². The van der Waals surface area contributed by atoms with Crippen LogP contribution in [0.25, 0.3) is 22.2 Å². The predicted molar refractivity (Wildman–Crippen MR) is 270 cm³/mol. The van der Waals surface area contributed by atoms with Crippen molar-refractivity contribution >= 4 is 46.2 Å². The number of alkyl halides is 1. The molecule has 71 heavy (non-hydrogen) atoms. The van der Waals surface area contributed by atoms with E-state index >= 15 is 4.39 Å². The topological polar surface area (TPSA) is 171 Å². The Hall–Kier alpha value is -5.43. The third-order valence-electron chi connectivity index (χ3n) is 14.5. The molecule has 4 aliphatic heterocycles. The Morgan fingerprint density at radius 3 is 2.51 bits per heavy atom. The molecule has 5 atom stereocenters. The van der Waals surface area contributed by atoms with Gasteiger partial charge in [0.2, 0.25) is 11.8 Å². The zero-order valence-corrected chi connectivity index (χ0v) is 43.5. The molecule has 17 nitrogen and oxygen atoms in total. The zero-order valence-electron chi connectivity index (χ0n) is 43.5. The van der Waals surface area contributed by atoms with E-state index in [0.717, 1.165) is 44.0 Å². The lowest BCUT2D eigenvalue weighted by molar-refractivity contribution is -0.156. The van der Waals surface area contributed by atoms with E-state index in [9.17, 15) is 24.0 Å². The molecule has 4 amide bonds. The van der Waals surface area contributed by atoms with Crippen LogP contribution < -0.4 is 15.6 Å². The number of amides is 4. The quantitative estimate of drug-likeness (QED) is 0.183. The highest BCUT2D eigenvalue weighted by molar-refractivity contribution is 5.96. The molecule has 4 aliphatic rings. The van der Waals surface area contributed by atoms with Crippen molar-refractivity contribution in [1.29, 1.82) is 0 Å². The first-order chi connectivity index (χ1) is 33.7. The average Bonchev–Trinajstić information content (AvgIpc) is 3.65. The number of rotatable bonds is 12. The lowest BCUT2D eigenvalue weighted by Gasteiger charge is -2.41. The number of benzene rings is 1. The van der Waals surface area contributed by atoms with E-state index in [1.807, 2.05) is 32.0 Å². The number of piperidine rings is 1. The monoisotopic (exact) mass is 986 g/mol. The third-order valence-corrected chi connectivity index (χ3v) is 14.5. The van der Waals surface area contributed by atoms with Crippen LogP contribution in [0, 0.1) is 11.3 Å². The Kier molecular flexibility index (Phi) is 17.0. The molecule has 0 saturated carbocycles. The van der Waals surface area contributed by atoms with E-state index in [-0.39, 0.29) is 57.5 Å². The van der Waals surface area contributed by atoms with Crippen LogP contribution in [0.1, 0.15) is 91.0 Å². The van der Waals surface area contributed by atoms with Gasteiger partial charge in [0.25, 0.3) is 11.8 Å². The van der Waals surface area contributed by atoms with Crippen molar-refractivity contribution in [3.05, 3.63) is 59.9 Å². The number of nitrogens with one attached hydrogen (secondary N) is 2. The van der Waals surface area contributed by atoms with Crippen molar-refractivity contribution in [3.8, 4) is 11.3 Å². The van der Waals surface area contributed by atoms with Gasteiger partial charge in [-0.05, 0) is 89.0 Å². The fourth-order valence-electron chi connectivity index (χ4n) is 10.6. The molecule has 6 heterocycles. The number of carbonyl (C=O) groups is 5. The zero-order chi connectivity index (χ0) is 51.4. The summed E-state index contributed by atoms with van der Waals surface area (Å²) in [5, 5.41) is 5.44. The number of methoxy groups -OCH3 is 1. The molecule has 0 radical (unpaired) electrons. The van der Waals surface area contributed by atoms with Crippen LogP contribution in [0.2, 0.25) is 0 Å². The number of cyclic esters (lactones) is 1. The maximum Gasteiger partial charge on any atom is 0.324 e. The van der Waals surface area contributed by atoms with Gasteiger partial charge in [-0.3, -0.25) is 34.0 Å². The molecule has 18 heteroatoms. The van der Waals surface area contributed by atoms with Gasteiger partial charge in [-0.25, -0.2) is 9.82 Å². The number of likely N-dealkylation sites (tertiary alicyclic amines) is 1. The maximum atomic E-state index is 16.7. The number of esters is 1. The van der Waals surface area contributed by atoms with Crippen LogP contribution in [0.4, 0.5) is 10.1 Å². The van der Waals surface area contributed by atoms with Crippen LogP contribution in [0.3, 0.4) is 0 Å². The fraction of sp³-hybridized carbons (Fsp3) is 0.623. The molecule has 388 valence electrons. The average molecular weight is 986 g/mol. The minimum atomic E-state index is -2.30. The number of ether oxygens (including phenoxy) is 3. The Morgan fingerprint density at radius 2 is 1.82 bits per heavy atom. The van der Waals surface area contributed by atoms with Gasteiger partial charge in [-0.1, -0.05) is 33.8 Å². The highest BCUT2D eigenvalue weighted by Gasteiger charge is 2.47. The first-order valence-electron chi connectivity index (χ1n) is 25.4. The molecule has 6 bridgehead atoms. The highest BCUT2D eigenvalue weighted by atomic mass is 19.1. The van der Waals surface area contributed by atoms with E-state index in [0.29, 0.717) is 52.0 Å². The van der Waals surface area contributed by atoms with Gasteiger partial charge in [-0.15, -0.1) is 0 Å². The van der Waals surface area contributed by atoms with Crippen molar-refractivity contribution in [2.75, 3.05) is 85.6 Å². The maximum absolute atomic E-state index is 16.7. The first kappa shape index (κ1) is 53.4. The van der Waals surface area contributed by atoms with E-state index in [4.69, 9.17) is 19.2 Å². The second-order valence-corrected chi connectivity index (χ2v) is 21.1. The van der Waals surface area contributed by atoms with E-state index in [2.05, 4.69) is 65.2 Å². The van der Waals surface area contributed by atoms with E-state index in [1.54, 1.807) is 33.2 Å². The Bertz CT molecular complexity index is 2450. The minimum Gasteiger partial charge on any atom is -0.464 e. The van der Waals surface area contributed by atoms with Crippen molar-refractivity contribution < 1.29 is 42.6 Å².